The van der Waals surface area contributed by atoms with Gasteiger partial charge in [-0.05, 0) is 44.1 Å². The lowest BCUT2D eigenvalue weighted by Crippen LogP contribution is -2.44. The third-order valence-electron chi connectivity index (χ3n) is 7.00. The van der Waals surface area contributed by atoms with E-state index < -0.39 is 17.7 Å². The van der Waals surface area contributed by atoms with Gasteiger partial charge in [-0.1, -0.05) is 11.6 Å². The topological polar surface area (TPSA) is 124 Å². The lowest BCUT2D eigenvalue weighted by molar-refractivity contribution is -0.142. The number of aliphatic carboxylic acids is 1. The number of likely N-dealkylation sites (tertiary alicyclic amines) is 1. The van der Waals surface area contributed by atoms with Gasteiger partial charge in [0.1, 0.15) is 5.65 Å². The fourth-order valence-corrected chi connectivity index (χ4v) is 5.30. The smallest absolute Gasteiger partial charge is 0.306 e. The number of carboxylic acids is 1. The highest BCUT2D eigenvalue weighted by Gasteiger charge is 2.37. The minimum Gasteiger partial charge on any atom is -0.481 e. The molecule has 1 saturated heterocycles. The van der Waals surface area contributed by atoms with Gasteiger partial charge in [0.25, 0.3) is 0 Å². The Bertz CT molecular complexity index is 1270. The highest BCUT2D eigenvalue weighted by atomic mass is 35.5. The van der Waals surface area contributed by atoms with Gasteiger partial charge in [-0.2, -0.15) is 0 Å². The van der Waals surface area contributed by atoms with E-state index in [1.165, 1.54) is 6.20 Å². The van der Waals surface area contributed by atoms with Crippen LogP contribution in [0.1, 0.15) is 32.1 Å². The number of piperidine rings is 1. The molecule has 3 aromatic rings. The number of carbonyl (C=O) groups is 2. The Morgan fingerprint density at radius 3 is 2.86 bits per heavy atom. The quantitative estimate of drug-likeness (QED) is 0.468. The molecule has 2 aliphatic rings. The lowest BCUT2D eigenvalue weighted by atomic mass is 9.95. The number of aromatic amines is 1. The van der Waals surface area contributed by atoms with Crippen LogP contribution in [0.15, 0.2) is 24.7 Å². The van der Waals surface area contributed by atoms with Crippen LogP contribution >= 0.6 is 11.6 Å². The molecule has 0 spiro atoms. The number of nitrogens with one attached hydrogen (secondary N) is 2. The van der Waals surface area contributed by atoms with Crippen LogP contribution in [0.2, 0.25) is 5.02 Å². The third kappa shape index (κ3) is 4.93. The standard InChI is InChI=1S/C24H26ClFN6O3/c25-16-7-17-18(10-29-20(17)28-9-16)21-30-11-19(26)22(31-21)27-8-13-2-1-5-32(12-13)23(33)14-3-4-15(6-14)24(34)35/h7,9-11,13-15H,1-6,8,12H2,(H,28,29)(H,34,35)(H,27,30,31)/t13?,14?,15-/m0/s1. The van der Waals surface area contributed by atoms with Gasteiger partial charge in [0, 0.05) is 48.9 Å². The Morgan fingerprint density at radius 1 is 1.23 bits per heavy atom. The van der Waals surface area contributed by atoms with Crippen molar-refractivity contribution >= 4 is 40.3 Å². The first-order chi connectivity index (χ1) is 16.9. The minimum absolute atomic E-state index is 0.0422. The highest BCUT2D eigenvalue weighted by Crippen LogP contribution is 2.33. The lowest BCUT2D eigenvalue weighted by Gasteiger charge is -2.34. The van der Waals surface area contributed by atoms with Crippen LogP contribution in [0.4, 0.5) is 10.2 Å². The zero-order valence-corrected chi connectivity index (χ0v) is 19.8. The number of rotatable bonds is 6. The van der Waals surface area contributed by atoms with Gasteiger partial charge in [0.2, 0.25) is 5.91 Å². The number of fused-ring (bicyclic) bond motifs is 1. The molecule has 1 aliphatic heterocycles. The van der Waals surface area contributed by atoms with Gasteiger partial charge in [0.05, 0.1) is 17.1 Å². The second-order valence-corrected chi connectivity index (χ2v) is 9.80. The van der Waals surface area contributed by atoms with Crippen molar-refractivity contribution in [2.75, 3.05) is 25.0 Å². The molecule has 35 heavy (non-hydrogen) atoms. The van der Waals surface area contributed by atoms with Crippen molar-refractivity contribution in [3.8, 4) is 11.4 Å². The van der Waals surface area contributed by atoms with Gasteiger partial charge >= 0.3 is 5.97 Å². The second-order valence-electron chi connectivity index (χ2n) is 9.36. The van der Waals surface area contributed by atoms with E-state index in [2.05, 4.69) is 25.3 Å². The van der Waals surface area contributed by atoms with Gasteiger partial charge in [-0.25, -0.2) is 19.3 Å². The van der Waals surface area contributed by atoms with Crippen molar-refractivity contribution in [2.24, 2.45) is 17.8 Å². The molecular weight excluding hydrogens is 475 g/mol. The molecule has 1 aliphatic carbocycles. The van der Waals surface area contributed by atoms with E-state index in [0.29, 0.717) is 61.0 Å². The van der Waals surface area contributed by atoms with E-state index >= 15 is 0 Å². The number of H-pyrrole nitrogens is 1. The Morgan fingerprint density at radius 2 is 2.06 bits per heavy atom. The third-order valence-corrected chi connectivity index (χ3v) is 7.21. The summed E-state index contributed by atoms with van der Waals surface area (Å²) in [6, 6.07) is 1.76. The predicted octanol–water partition coefficient (Wildman–Crippen LogP) is 3.96. The maximum Gasteiger partial charge on any atom is 0.306 e. The van der Waals surface area contributed by atoms with Crippen molar-refractivity contribution in [1.29, 1.82) is 0 Å². The van der Waals surface area contributed by atoms with Crippen molar-refractivity contribution in [2.45, 2.75) is 32.1 Å². The predicted molar refractivity (Wildman–Crippen MR) is 128 cm³/mol. The number of amides is 1. The van der Waals surface area contributed by atoms with E-state index in [9.17, 15) is 19.1 Å². The van der Waals surface area contributed by atoms with Crippen LogP contribution < -0.4 is 5.32 Å². The molecule has 3 aromatic heterocycles. The summed E-state index contributed by atoms with van der Waals surface area (Å²) in [4.78, 5) is 41.9. The number of pyridine rings is 1. The van der Waals surface area contributed by atoms with E-state index in [-0.39, 0.29) is 23.6 Å². The zero-order chi connectivity index (χ0) is 24.5. The fraction of sp³-hybridized carbons (Fsp3) is 0.458. The van der Waals surface area contributed by atoms with Gasteiger partial charge in [-0.15, -0.1) is 0 Å². The van der Waals surface area contributed by atoms with Crippen LogP contribution in [0.25, 0.3) is 22.4 Å². The van der Waals surface area contributed by atoms with Crippen molar-refractivity contribution < 1.29 is 19.1 Å². The second kappa shape index (κ2) is 9.77. The number of aromatic nitrogens is 4. The molecule has 2 unspecified atom stereocenters. The number of nitrogens with zero attached hydrogens (tertiary/aromatic N) is 4. The molecule has 0 aromatic carbocycles. The molecule has 184 valence electrons. The largest absolute Gasteiger partial charge is 0.481 e. The molecular formula is C24H26ClFN6O3. The van der Waals surface area contributed by atoms with E-state index in [0.717, 1.165) is 24.4 Å². The van der Waals surface area contributed by atoms with Crippen LogP contribution in [-0.4, -0.2) is 61.5 Å². The Labute approximate surface area is 206 Å². The number of anilines is 1. The summed E-state index contributed by atoms with van der Waals surface area (Å²) in [5.74, 6) is -1.40. The Hall–Kier alpha value is -3.27. The molecule has 0 radical (unpaired) electrons. The van der Waals surface area contributed by atoms with Crippen LogP contribution in [0.5, 0.6) is 0 Å². The molecule has 5 rings (SSSR count). The maximum absolute atomic E-state index is 14.5. The summed E-state index contributed by atoms with van der Waals surface area (Å²) >= 11 is 6.08. The molecule has 2 fully saturated rings. The molecule has 4 heterocycles. The van der Waals surface area contributed by atoms with Crippen molar-refractivity contribution in [3.63, 3.8) is 0 Å². The Balaban J connectivity index is 1.24. The van der Waals surface area contributed by atoms with Crippen LogP contribution in [0, 0.1) is 23.6 Å². The molecule has 3 atom stereocenters. The van der Waals surface area contributed by atoms with Gasteiger partial charge < -0.3 is 20.3 Å². The van der Waals surface area contributed by atoms with Crippen molar-refractivity contribution in [1.82, 2.24) is 24.8 Å². The van der Waals surface area contributed by atoms with Crippen molar-refractivity contribution in [3.05, 3.63) is 35.5 Å². The van der Waals surface area contributed by atoms with Gasteiger partial charge in [-0.3, -0.25) is 9.59 Å². The Kier molecular flexibility index (Phi) is 6.55. The molecule has 1 amide bonds. The van der Waals surface area contributed by atoms with Crippen LogP contribution in [-0.2, 0) is 9.59 Å². The van der Waals surface area contributed by atoms with Gasteiger partial charge in [0.15, 0.2) is 17.5 Å². The SMILES string of the molecule is O=C(O)[C@H]1CCC(C(=O)N2CCCC(CNc3nc(-c4c[nH]c5ncc(Cl)cc45)ncc3F)C2)C1. The fourth-order valence-electron chi connectivity index (χ4n) is 5.14. The maximum atomic E-state index is 14.5. The molecule has 0 bridgehead atoms. The molecule has 11 heteroatoms. The zero-order valence-electron chi connectivity index (χ0n) is 19.0. The first-order valence-electron chi connectivity index (χ1n) is 11.8. The average Bonchev–Trinajstić information content (AvgIpc) is 3.51. The summed E-state index contributed by atoms with van der Waals surface area (Å²) in [6.45, 7) is 1.69. The number of carboxylic acid groups (broad SMARTS) is 1. The number of halogens is 2. The monoisotopic (exact) mass is 500 g/mol. The number of hydrogen-bond donors (Lipinski definition) is 3. The van der Waals surface area contributed by atoms with Crippen LogP contribution in [0.3, 0.4) is 0 Å². The number of carbonyl (C=O) groups excluding carboxylic acids is 1. The molecule has 9 nitrogen and oxygen atoms in total. The normalized spacial score (nSPS) is 22.5. The summed E-state index contributed by atoms with van der Waals surface area (Å²) in [6.07, 6.45) is 7.75. The van der Waals surface area contributed by atoms with E-state index in [4.69, 9.17) is 11.6 Å². The summed E-state index contributed by atoms with van der Waals surface area (Å²) < 4.78 is 14.5. The van der Waals surface area contributed by atoms with E-state index in [1.54, 1.807) is 12.3 Å². The summed E-state index contributed by atoms with van der Waals surface area (Å²) in [5.41, 5.74) is 1.31. The summed E-state index contributed by atoms with van der Waals surface area (Å²) in [7, 11) is 0. The minimum atomic E-state index is -0.820. The number of hydrogen-bond acceptors (Lipinski definition) is 6. The molecule has 3 N–H and O–H groups in total. The average molecular weight is 501 g/mol. The molecule has 1 saturated carbocycles. The summed E-state index contributed by atoms with van der Waals surface area (Å²) in [5, 5.41) is 13.5. The highest BCUT2D eigenvalue weighted by molar-refractivity contribution is 6.31. The van der Waals surface area contributed by atoms with E-state index in [1.807, 2.05) is 4.90 Å². The first kappa shape index (κ1) is 23.5. The first-order valence-corrected chi connectivity index (χ1v) is 12.2.